The summed E-state index contributed by atoms with van der Waals surface area (Å²) < 4.78 is 66.0. The van der Waals surface area contributed by atoms with Gasteiger partial charge >= 0.3 is 6.18 Å². The monoisotopic (exact) mass is 481 g/mol. The van der Waals surface area contributed by atoms with Crippen LogP contribution in [0.3, 0.4) is 0 Å². The zero-order valence-electron chi connectivity index (χ0n) is 18.5. The summed E-state index contributed by atoms with van der Waals surface area (Å²) in [4.78, 5) is 15.9. The van der Waals surface area contributed by atoms with Gasteiger partial charge in [-0.2, -0.15) is 17.5 Å². The molecule has 0 aliphatic carbocycles. The van der Waals surface area contributed by atoms with Crippen molar-refractivity contribution in [2.45, 2.75) is 43.9 Å². The number of hydrogen-bond donors (Lipinski definition) is 0. The van der Waals surface area contributed by atoms with Gasteiger partial charge in [-0.15, -0.1) is 0 Å². The molecule has 0 bridgehead atoms. The molecule has 1 amide bonds. The van der Waals surface area contributed by atoms with E-state index in [1.165, 1.54) is 23.4 Å². The molecule has 6 nitrogen and oxygen atoms in total. The molecule has 0 radical (unpaired) electrons. The first-order chi connectivity index (χ1) is 15.5. The van der Waals surface area contributed by atoms with Crippen LogP contribution in [0.4, 0.5) is 18.9 Å². The number of amides is 1. The molecule has 0 spiro atoms. The van der Waals surface area contributed by atoms with Gasteiger partial charge in [0, 0.05) is 51.4 Å². The van der Waals surface area contributed by atoms with Crippen LogP contribution in [0.15, 0.2) is 47.4 Å². The Hall–Kier alpha value is -2.43. The largest absolute Gasteiger partial charge is 0.416 e. The average Bonchev–Trinajstić information content (AvgIpc) is 3.09. The molecule has 0 saturated carbocycles. The van der Waals surface area contributed by atoms with E-state index in [2.05, 4.69) is 0 Å². The Morgan fingerprint density at radius 2 is 1.67 bits per heavy atom. The van der Waals surface area contributed by atoms with Gasteiger partial charge in [0.15, 0.2) is 0 Å². The number of alkyl halides is 3. The second kappa shape index (κ2) is 8.73. The van der Waals surface area contributed by atoms with E-state index in [-0.39, 0.29) is 16.8 Å². The number of carbonyl (C=O) groups is 1. The Morgan fingerprint density at radius 3 is 2.24 bits per heavy atom. The number of fused-ring (bicyclic) bond motifs is 1. The Bertz CT molecular complexity index is 1140. The molecule has 2 aromatic rings. The number of anilines is 1. The lowest BCUT2D eigenvalue weighted by Gasteiger charge is -2.34. The van der Waals surface area contributed by atoms with Gasteiger partial charge < -0.3 is 4.90 Å². The normalized spacial score (nSPS) is 20.2. The molecule has 2 aliphatic rings. The summed E-state index contributed by atoms with van der Waals surface area (Å²) in [6.45, 7) is 5.47. The van der Waals surface area contributed by atoms with Gasteiger partial charge in [0.25, 0.3) is 0 Å². The third-order valence-electron chi connectivity index (χ3n) is 6.26. The van der Waals surface area contributed by atoms with Gasteiger partial charge in [-0.3, -0.25) is 9.69 Å². The smallest absolute Gasteiger partial charge is 0.309 e. The lowest BCUT2D eigenvalue weighted by atomic mass is 10.1. The molecule has 178 valence electrons. The van der Waals surface area contributed by atoms with Crippen LogP contribution in [-0.2, 0) is 34.0 Å². The number of rotatable bonds is 4. The molecule has 1 unspecified atom stereocenters. The van der Waals surface area contributed by atoms with Crippen molar-refractivity contribution >= 4 is 21.6 Å². The van der Waals surface area contributed by atoms with Crippen LogP contribution in [-0.4, -0.2) is 55.8 Å². The first kappa shape index (κ1) is 23.7. The maximum atomic E-state index is 13.2. The van der Waals surface area contributed by atoms with Crippen LogP contribution in [0.5, 0.6) is 0 Å². The Labute approximate surface area is 191 Å². The molecule has 2 heterocycles. The van der Waals surface area contributed by atoms with Crippen molar-refractivity contribution in [2.75, 3.05) is 31.1 Å². The topological polar surface area (TPSA) is 60.9 Å². The number of nitrogens with zero attached hydrogens (tertiary/aromatic N) is 3. The van der Waals surface area contributed by atoms with Crippen LogP contribution >= 0.6 is 0 Å². The van der Waals surface area contributed by atoms with Crippen LogP contribution in [0.1, 0.15) is 30.5 Å². The van der Waals surface area contributed by atoms with Crippen molar-refractivity contribution in [1.82, 2.24) is 9.21 Å². The molecule has 2 aliphatic heterocycles. The SMILES string of the molecule is CC(=O)N1c2ccc(S(=O)(=O)N3CCN(Cc4ccc(C(F)(F)F)cc4)CC3)cc2CC1C. The van der Waals surface area contributed by atoms with Gasteiger partial charge in [-0.1, -0.05) is 12.1 Å². The third kappa shape index (κ3) is 4.78. The minimum absolute atomic E-state index is 0.0100. The van der Waals surface area contributed by atoms with Crippen LogP contribution < -0.4 is 4.90 Å². The Kier molecular flexibility index (Phi) is 6.28. The predicted octanol–water partition coefficient (Wildman–Crippen LogP) is 3.51. The molecule has 0 aromatic heterocycles. The number of piperazine rings is 1. The molecular weight excluding hydrogens is 455 g/mol. The first-order valence-electron chi connectivity index (χ1n) is 10.8. The van der Waals surface area contributed by atoms with Crippen LogP contribution in [0, 0.1) is 0 Å². The fourth-order valence-corrected chi connectivity index (χ4v) is 6.06. The quantitative estimate of drug-likeness (QED) is 0.671. The van der Waals surface area contributed by atoms with E-state index in [9.17, 15) is 26.4 Å². The van der Waals surface area contributed by atoms with Crippen molar-refractivity contribution in [2.24, 2.45) is 0 Å². The lowest BCUT2D eigenvalue weighted by molar-refractivity contribution is -0.137. The summed E-state index contributed by atoms with van der Waals surface area (Å²) in [5.74, 6) is -0.0685. The highest BCUT2D eigenvalue weighted by atomic mass is 32.2. The van der Waals surface area contributed by atoms with Crippen molar-refractivity contribution in [3.63, 3.8) is 0 Å². The predicted molar refractivity (Wildman–Crippen MR) is 118 cm³/mol. The highest BCUT2D eigenvalue weighted by Gasteiger charge is 2.33. The van der Waals surface area contributed by atoms with Gasteiger partial charge in [-0.05, 0) is 54.8 Å². The van der Waals surface area contributed by atoms with Gasteiger partial charge in [0.05, 0.1) is 10.5 Å². The number of hydrogen-bond acceptors (Lipinski definition) is 4. The Balaban J connectivity index is 1.40. The average molecular weight is 482 g/mol. The van der Waals surface area contributed by atoms with E-state index in [4.69, 9.17) is 0 Å². The molecule has 1 atom stereocenters. The van der Waals surface area contributed by atoms with Crippen molar-refractivity contribution in [3.05, 3.63) is 59.2 Å². The second-order valence-corrected chi connectivity index (χ2v) is 10.5. The zero-order chi connectivity index (χ0) is 24.0. The maximum absolute atomic E-state index is 13.2. The Morgan fingerprint density at radius 1 is 1.03 bits per heavy atom. The van der Waals surface area contributed by atoms with E-state index in [1.807, 2.05) is 11.8 Å². The van der Waals surface area contributed by atoms with E-state index >= 15 is 0 Å². The van der Waals surface area contributed by atoms with E-state index in [0.29, 0.717) is 39.1 Å². The highest BCUT2D eigenvalue weighted by Crippen LogP contribution is 2.35. The molecule has 4 rings (SSSR count). The molecule has 33 heavy (non-hydrogen) atoms. The van der Waals surface area contributed by atoms with E-state index in [1.54, 1.807) is 23.1 Å². The third-order valence-corrected chi connectivity index (χ3v) is 8.16. The number of sulfonamides is 1. The van der Waals surface area contributed by atoms with Gasteiger partial charge in [0.1, 0.15) is 0 Å². The number of carbonyl (C=O) groups excluding carboxylic acids is 1. The molecule has 1 saturated heterocycles. The maximum Gasteiger partial charge on any atom is 0.416 e. The van der Waals surface area contributed by atoms with E-state index in [0.717, 1.165) is 28.9 Å². The summed E-state index contributed by atoms with van der Waals surface area (Å²) in [5.41, 5.74) is 1.68. The van der Waals surface area contributed by atoms with Crippen LogP contribution in [0.2, 0.25) is 0 Å². The van der Waals surface area contributed by atoms with Crippen LogP contribution in [0.25, 0.3) is 0 Å². The standard InChI is InChI=1S/C23H26F3N3O3S/c1-16-13-19-14-21(7-8-22(19)29(16)17(2)30)33(31,32)28-11-9-27(10-12-28)15-18-3-5-20(6-4-18)23(24,25)26/h3-8,14,16H,9-13,15H2,1-2H3. The van der Waals surface area contributed by atoms with Gasteiger partial charge in [0.2, 0.25) is 15.9 Å². The molecule has 1 fully saturated rings. The van der Waals surface area contributed by atoms with Gasteiger partial charge in [-0.25, -0.2) is 8.42 Å². The minimum Gasteiger partial charge on any atom is -0.309 e. The van der Waals surface area contributed by atoms with E-state index < -0.39 is 21.8 Å². The lowest BCUT2D eigenvalue weighted by Crippen LogP contribution is -2.48. The summed E-state index contributed by atoms with van der Waals surface area (Å²) >= 11 is 0. The fraction of sp³-hybridized carbons (Fsp3) is 0.435. The molecule has 10 heteroatoms. The highest BCUT2D eigenvalue weighted by molar-refractivity contribution is 7.89. The second-order valence-electron chi connectivity index (χ2n) is 8.61. The van der Waals surface area contributed by atoms with Crippen molar-refractivity contribution in [1.29, 1.82) is 0 Å². The minimum atomic E-state index is -4.36. The molecule has 0 N–H and O–H groups in total. The summed E-state index contributed by atoms with van der Waals surface area (Å²) in [6.07, 6.45) is -3.75. The number of halogens is 3. The van der Waals surface area contributed by atoms with Crippen molar-refractivity contribution < 1.29 is 26.4 Å². The molecule has 2 aromatic carbocycles. The summed E-state index contributed by atoms with van der Waals surface area (Å²) in [7, 11) is -3.68. The summed E-state index contributed by atoms with van der Waals surface area (Å²) in [5, 5.41) is 0. The summed E-state index contributed by atoms with van der Waals surface area (Å²) in [6, 6.07) is 9.97. The van der Waals surface area contributed by atoms with Crippen molar-refractivity contribution in [3.8, 4) is 0 Å². The zero-order valence-corrected chi connectivity index (χ0v) is 19.3. The molecular formula is C23H26F3N3O3S. The number of benzene rings is 2. The fourth-order valence-electron chi connectivity index (χ4n) is 4.58. The first-order valence-corrected chi connectivity index (χ1v) is 12.2.